The van der Waals surface area contributed by atoms with Crippen LogP contribution in [-0.4, -0.2) is 26.6 Å². The number of hydrogen-bond donors (Lipinski definition) is 0. The molecule has 1 aliphatic rings. The van der Waals surface area contributed by atoms with E-state index in [4.69, 9.17) is 9.47 Å². The number of para-hydroxylation sites is 1. The molecule has 0 bridgehead atoms. The molecule has 0 unspecified atom stereocenters. The number of ether oxygens (including phenoxy) is 2. The smallest absolute Gasteiger partial charge is 0.419 e. The summed E-state index contributed by atoms with van der Waals surface area (Å²) in [6.45, 7) is 3.71. The van der Waals surface area contributed by atoms with Crippen LogP contribution in [0.5, 0.6) is 17.4 Å². The van der Waals surface area contributed by atoms with Gasteiger partial charge in [-0.05, 0) is 51.0 Å². The van der Waals surface area contributed by atoms with Crippen molar-refractivity contribution < 1.29 is 22.6 Å². The molecular weight excluding hydrogens is 385 g/mol. The number of hydrogen-bond acceptors (Lipinski definition) is 5. The summed E-state index contributed by atoms with van der Waals surface area (Å²) in [4.78, 5) is 0. The van der Waals surface area contributed by atoms with E-state index in [0.717, 1.165) is 24.6 Å². The van der Waals surface area contributed by atoms with Crippen molar-refractivity contribution in [2.24, 2.45) is 0 Å². The highest BCUT2D eigenvalue weighted by Gasteiger charge is 2.35. The minimum atomic E-state index is -4.55. The van der Waals surface area contributed by atoms with E-state index in [1.54, 1.807) is 19.9 Å². The highest BCUT2D eigenvalue weighted by atomic mass is 19.4. The monoisotopic (exact) mass is 404 g/mol. The fourth-order valence-corrected chi connectivity index (χ4v) is 2.98. The summed E-state index contributed by atoms with van der Waals surface area (Å²) in [5.74, 6) is 0.782. The first-order valence-corrected chi connectivity index (χ1v) is 9.29. The predicted octanol–water partition coefficient (Wildman–Crippen LogP) is 5.06. The molecule has 3 aromatic rings. The Morgan fingerprint density at radius 3 is 2.48 bits per heavy atom. The molecule has 2 aromatic heterocycles. The molecule has 0 amide bonds. The van der Waals surface area contributed by atoms with Gasteiger partial charge in [0.05, 0.1) is 23.6 Å². The third-order valence-electron chi connectivity index (χ3n) is 4.60. The average molecular weight is 404 g/mol. The van der Waals surface area contributed by atoms with Gasteiger partial charge in [-0.3, -0.25) is 0 Å². The number of rotatable bonds is 6. The van der Waals surface area contributed by atoms with Crippen molar-refractivity contribution in [2.75, 3.05) is 6.61 Å². The number of benzene rings is 1. The van der Waals surface area contributed by atoms with E-state index in [2.05, 4.69) is 15.3 Å². The highest BCUT2D eigenvalue weighted by Crippen LogP contribution is 2.42. The molecule has 2 heterocycles. The molecule has 1 aliphatic carbocycles. The molecule has 0 N–H and O–H groups in total. The van der Waals surface area contributed by atoms with Gasteiger partial charge in [0, 0.05) is 5.92 Å². The lowest BCUT2D eigenvalue weighted by molar-refractivity contribution is -0.138. The Morgan fingerprint density at radius 1 is 1.10 bits per heavy atom. The lowest BCUT2D eigenvalue weighted by atomic mass is 10.2. The fourth-order valence-electron chi connectivity index (χ4n) is 2.98. The third-order valence-corrected chi connectivity index (χ3v) is 4.60. The van der Waals surface area contributed by atoms with Crippen molar-refractivity contribution in [2.45, 2.75) is 38.8 Å². The van der Waals surface area contributed by atoms with Gasteiger partial charge in [0.1, 0.15) is 5.75 Å². The minimum absolute atomic E-state index is 0.0926. The predicted molar refractivity (Wildman–Crippen MR) is 98.6 cm³/mol. The topological polar surface area (TPSA) is 62.1 Å². The highest BCUT2D eigenvalue weighted by molar-refractivity contribution is 5.47. The Hall–Kier alpha value is -3.10. The van der Waals surface area contributed by atoms with Crippen LogP contribution >= 0.6 is 0 Å². The molecule has 9 heteroatoms. The molecule has 0 saturated heterocycles. The number of halogens is 3. The lowest BCUT2D eigenvalue weighted by Gasteiger charge is -2.13. The van der Waals surface area contributed by atoms with Crippen LogP contribution in [0.3, 0.4) is 0 Å². The number of alkyl halides is 3. The molecule has 0 aliphatic heterocycles. The molecule has 29 heavy (non-hydrogen) atoms. The molecule has 0 spiro atoms. The van der Waals surface area contributed by atoms with E-state index >= 15 is 0 Å². The SMILES string of the molecule is CCOc1nn(-c2ccc(C3CC3)nn2)c(C)c1Oc1ccccc1C(F)(F)F. The molecule has 0 atom stereocenters. The molecule has 152 valence electrons. The largest absolute Gasteiger partial charge is 0.474 e. The number of aromatic nitrogens is 4. The van der Waals surface area contributed by atoms with Crippen LogP contribution in [0.25, 0.3) is 5.82 Å². The van der Waals surface area contributed by atoms with Crippen molar-refractivity contribution in [1.29, 1.82) is 0 Å². The van der Waals surface area contributed by atoms with E-state index in [9.17, 15) is 13.2 Å². The Bertz CT molecular complexity index is 1010. The van der Waals surface area contributed by atoms with Gasteiger partial charge < -0.3 is 9.47 Å². The van der Waals surface area contributed by atoms with Gasteiger partial charge in [-0.2, -0.15) is 18.3 Å². The van der Waals surface area contributed by atoms with Crippen LogP contribution in [0.1, 0.15) is 42.6 Å². The molecule has 1 saturated carbocycles. The summed E-state index contributed by atoms with van der Waals surface area (Å²) >= 11 is 0. The summed E-state index contributed by atoms with van der Waals surface area (Å²) in [6.07, 6.45) is -2.32. The second kappa shape index (κ2) is 7.38. The van der Waals surface area contributed by atoms with Gasteiger partial charge in [-0.15, -0.1) is 10.2 Å². The van der Waals surface area contributed by atoms with Crippen molar-refractivity contribution in [3.63, 3.8) is 0 Å². The lowest BCUT2D eigenvalue weighted by Crippen LogP contribution is -2.07. The Morgan fingerprint density at radius 2 is 1.86 bits per heavy atom. The zero-order valence-electron chi connectivity index (χ0n) is 15.9. The van der Waals surface area contributed by atoms with Gasteiger partial charge in [0.25, 0.3) is 5.88 Å². The van der Waals surface area contributed by atoms with E-state index in [0.29, 0.717) is 17.4 Å². The fraction of sp³-hybridized carbons (Fsp3) is 0.350. The van der Waals surface area contributed by atoms with Crippen molar-refractivity contribution in [1.82, 2.24) is 20.0 Å². The van der Waals surface area contributed by atoms with Gasteiger partial charge in [0.2, 0.25) is 5.75 Å². The average Bonchev–Trinajstić information content (AvgIpc) is 3.50. The summed E-state index contributed by atoms with van der Waals surface area (Å²) in [7, 11) is 0. The first kappa shape index (κ1) is 19.2. The van der Waals surface area contributed by atoms with E-state index in [1.807, 2.05) is 6.07 Å². The quantitative estimate of drug-likeness (QED) is 0.575. The molecular formula is C20H19F3N4O2. The molecule has 0 radical (unpaired) electrons. The zero-order valence-corrected chi connectivity index (χ0v) is 15.9. The van der Waals surface area contributed by atoms with Gasteiger partial charge in [-0.25, -0.2) is 4.68 Å². The summed E-state index contributed by atoms with van der Waals surface area (Å²) in [5, 5.41) is 12.8. The molecule has 1 aromatic carbocycles. The Balaban J connectivity index is 1.72. The van der Waals surface area contributed by atoms with Crippen LogP contribution in [0, 0.1) is 6.92 Å². The maximum Gasteiger partial charge on any atom is 0.419 e. The van der Waals surface area contributed by atoms with Crippen LogP contribution in [0.2, 0.25) is 0 Å². The van der Waals surface area contributed by atoms with Crippen molar-refractivity contribution in [3.05, 3.63) is 53.3 Å². The summed E-state index contributed by atoms with van der Waals surface area (Å²) < 4.78 is 52.6. The normalized spacial score (nSPS) is 14.1. The van der Waals surface area contributed by atoms with Crippen LogP contribution in [0.15, 0.2) is 36.4 Å². The van der Waals surface area contributed by atoms with Crippen molar-refractivity contribution >= 4 is 0 Å². The standard InChI is InChI=1S/C20H19F3N4O2/c1-3-28-19-18(29-16-7-5-4-6-14(16)20(21,22)23)12(2)27(26-19)17-11-10-15(24-25-17)13-8-9-13/h4-7,10-11,13H,3,8-9H2,1-2H3. The zero-order chi connectivity index (χ0) is 20.6. The van der Waals surface area contributed by atoms with Crippen LogP contribution in [0.4, 0.5) is 13.2 Å². The second-order valence-corrected chi connectivity index (χ2v) is 6.75. The first-order valence-electron chi connectivity index (χ1n) is 9.29. The molecule has 4 rings (SSSR count). The van der Waals surface area contributed by atoms with Gasteiger partial charge in [-0.1, -0.05) is 12.1 Å². The van der Waals surface area contributed by atoms with E-state index < -0.39 is 11.7 Å². The summed E-state index contributed by atoms with van der Waals surface area (Å²) in [6, 6.07) is 8.70. The minimum Gasteiger partial charge on any atom is -0.474 e. The Kier molecular flexibility index (Phi) is 4.89. The number of nitrogens with zero attached hydrogens (tertiary/aromatic N) is 4. The third kappa shape index (κ3) is 3.90. The van der Waals surface area contributed by atoms with Crippen LogP contribution < -0.4 is 9.47 Å². The molecule has 1 fully saturated rings. The molecule has 6 nitrogen and oxygen atoms in total. The van der Waals surface area contributed by atoms with E-state index in [-0.39, 0.29) is 24.0 Å². The van der Waals surface area contributed by atoms with Gasteiger partial charge >= 0.3 is 6.18 Å². The van der Waals surface area contributed by atoms with Crippen molar-refractivity contribution in [3.8, 4) is 23.2 Å². The van der Waals surface area contributed by atoms with E-state index in [1.165, 1.54) is 22.9 Å². The second-order valence-electron chi connectivity index (χ2n) is 6.75. The first-order chi connectivity index (χ1) is 13.9. The Labute approximate surface area is 165 Å². The van der Waals surface area contributed by atoms with Gasteiger partial charge in [0.15, 0.2) is 5.82 Å². The maximum absolute atomic E-state index is 13.3. The summed E-state index contributed by atoms with van der Waals surface area (Å²) in [5.41, 5.74) is 0.515. The van der Waals surface area contributed by atoms with Crippen LogP contribution in [-0.2, 0) is 6.18 Å². The maximum atomic E-state index is 13.3.